The summed E-state index contributed by atoms with van der Waals surface area (Å²) in [6.45, 7) is 17.2. The quantitative estimate of drug-likeness (QED) is 0.351. The molecule has 3 amide bonds. The highest BCUT2D eigenvalue weighted by molar-refractivity contribution is 5.71. The van der Waals surface area contributed by atoms with Gasteiger partial charge in [0.15, 0.2) is 0 Å². The molecule has 4 rings (SSSR count). The molecular weight excluding hydrogens is 546 g/mol. The van der Waals surface area contributed by atoms with Crippen molar-refractivity contribution in [3.63, 3.8) is 0 Å². The molecule has 43 heavy (non-hydrogen) atoms. The highest BCUT2D eigenvalue weighted by atomic mass is 16.6. The maximum Gasteiger partial charge on any atom is 0.410 e. The van der Waals surface area contributed by atoms with E-state index in [1.54, 1.807) is 9.80 Å². The van der Waals surface area contributed by atoms with Crippen LogP contribution in [0.25, 0.3) is 0 Å². The van der Waals surface area contributed by atoms with E-state index < -0.39 is 11.1 Å². The maximum absolute atomic E-state index is 12.4. The zero-order valence-electron chi connectivity index (χ0n) is 26.9. The summed E-state index contributed by atoms with van der Waals surface area (Å²) >= 11 is 0. The topological polar surface area (TPSA) is 88.6 Å². The molecule has 0 spiro atoms. The van der Waals surface area contributed by atoms with Crippen LogP contribution in [0.4, 0.5) is 14.4 Å². The van der Waals surface area contributed by atoms with Crippen LogP contribution in [0.3, 0.4) is 0 Å². The van der Waals surface area contributed by atoms with Gasteiger partial charge >= 0.3 is 18.3 Å². The summed E-state index contributed by atoms with van der Waals surface area (Å²) in [5, 5.41) is 0. The minimum Gasteiger partial charge on any atom is -0.445 e. The van der Waals surface area contributed by atoms with Crippen molar-refractivity contribution in [2.75, 3.05) is 32.7 Å². The molecule has 2 aliphatic rings. The van der Waals surface area contributed by atoms with Crippen LogP contribution in [0.15, 0.2) is 60.7 Å². The zero-order chi connectivity index (χ0) is 31.7. The summed E-state index contributed by atoms with van der Waals surface area (Å²) in [5.74, 6) is 0. The molecule has 0 aliphatic carbocycles. The molecule has 0 aromatic heterocycles. The molecule has 0 radical (unpaired) electrons. The van der Waals surface area contributed by atoms with E-state index in [-0.39, 0.29) is 30.3 Å². The van der Waals surface area contributed by atoms with E-state index >= 15 is 0 Å². The number of piperidine rings is 1. The first kappa shape index (κ1) is 33.7. The van der Waals surface area contributed by atoms with Gasteiger partial charge in [-0.3, -0.25) is 4.90 Å². The predicted molar refractivity (Wildman–Crippen MR) is 166 cm³/mol. The van der Waals surface area contributed by atoms with Gasteiger partial charge < -0.3 is 24.0 Å². The lowest BCUT2D eigenvalue weighted by molar-refractivity contribution is -0.0236. The Morgan fingerprint density at radius 1 is 0.698 bits per heavy atom. The Hall–Kier alpha value is -3.75. The van der Waals surface area contributed by atoms with Crippen LogP contribution in [-0.4, -0.2) is 76.8 Å². The van der Waals surface area contributed by atoms with Gasteiger partial charge in [0.25, 0.3) is 0 Å². The molecule has 2 aromatic rings. The molecule has 0 N–H and O–H groups in total. The molecule has 0 unspecified atom stereocenters. The fourth-order valence-corrected chi connectivity index (χ4v) is 5.17. The fraction of sp³-hybridized carbons (Fsp3) is 0.559. The van der Waals surface area contributed by atoms with Crippen molar-refractivity contribution in [2.45, 2.75) is 85.7 Å². The number of carbonyl (C=O) groups is 3. The summed E-state index contributed by atoms with van der Waals surface area (Å²) in [6.07, 6.45) is 1.34. The monoisotopic (exact) mass is 595 g/mol. The third-order valence-electron chi connectivity index (χ3n) is 7.34. The average molecular weight is 596 g/mol. The van der Waals surface area contributed by atoms with Crippen LogP contribution in [-0.2, 0) is 27.4 Å². The van der Waals surface area contributed by atoms with Crippen LogP contribution in [0, 0.1) is 5.41 Å². The SMILES string of the molecule is CC(C)(C)OC(=O)N1CCN(C(=O)OCc2ccccc2)CC1(C)C.CC1(C)CCCN(C(=O)OCc2ccccc2)C1. The number of likely N-dealkylation sites (tertiary alicyclic amines) is 1. The van der Waals surface area contributed by atoms with Crippen LogP contribution in [0.5, 0.6) is 0 Å². The van der Waals surface area contributed by atoms with E-state index in [9.17, 15) is 14.4 Å². The number of amides is 3. The number of carbonyl (C=O) groups excluding carboxylic acids is 3. The van der Waals surface area contributed by atoms with Gasteiger partial charge in [0.05, 0.1) is 5.54 Å². The van der Waals surface area contributed by atoms with E-state index in [2.05, 4.69) is 13.8 Å². The van der Waals surface area contributed by atoms with Crippen molar-refractivity contribution in [2.24, 2.45) is 5.41 Å². The number of benzene rings is 2. The smallest absolute Gasteiger partial charge is 0.410 e. The first-order chi connectivity index (χ1) is 20.2. The van der Waals surface area contributed by atoms with Crippen molar-refractivity contribution >= 4 is 18.3 Å². The zero-order valence-corrected chi connectivity index (χ0v) is 26.9. The summed E-state index contributed by atoms with van der Waals surface area (Å²) in [5.41, 5.74) is 1.12. The Labute approximate surface area is 257 Å². The van der Waals surface area contributed by atoms with E-state index in [0.29, 0.717) is 26.2 Å². The standard InChI is InChI=1S/C19H28N2O4.C15H21NO2/c1-18(2,3)25-17(23)21-12-11-20(14-19(21,4)5)16(22)24-13-15-9-7-6-8-10-15;1-15(2)9-6-10-16(12-15)14(17)18-11-13-7-4-3-5-8-13/h6-10H,11-14H2,1-5H3;3-5,7-8H,6,9-12H2,1-2H3. The number of hydrogen-bond acceptors (Lipinski definition) is 6. The second-order valence-electron chi connectivity index (χ2n) is 13.6. The Kier molecular flexibility index (Phi) is 11.5. The number of piperazine rings is 1. The van der Waals surface area contributed by atoms with E-state index in [1.807, 2.05) is 100 Å². The lowest BCUT2D eigenvalue weighted by Gasteiger charge is -2.46. The molecular formula is C34H49N3O6. The predicted octanol–water partition coefficient (Wildman–Crippen LogP) is 7.10. The Bertz CT molecular complexity index is 1190. The van der Waals surface area contributed by atoms with Crippen molar-refractivity contribution in [1.29, 1.82) is 0 Å². The van der Waals surface area contributed by atoms with Gasteiger partial charge in [-0.25, -0.2) is 14.4 Å². The molecule has 0 saturated carbocycles. The van der Waals surface area contributed by atoms with Crippen LogP contribution in [0.2, 0.25) is 0 Å². The van der Waals surface area contributed by atoms with Crippen LogP contribution < -0.4 is 0 Å². The molecule has 9 heteroatoms. The van der Waals surface area contributed by atoms with Gasteiger partial charge in [-0.15, -0.1) is 0 Å². The molecule has 2 aliphatic heterocycles. The molecule has 2 fully saturated rings. The molecule has 236 valence electrons. The Morgan fingerprint density at radius 2 is 1.19 bits per heavy atom. The summed E-state index contributed by atoms with van der Waals surface area (Å²) in [7, 11) is 0. The molecule has 9 nitrogen and oxygen atoms in total. The van der Waals surface area contributed by atoms with Gasteiger partial charge in [-0.05, 0) is 64.0 Å². The first-order valence-electron chi connectivity index (χ1n) is 15.1. The summed E-state index contributed by atoms with van der Waals surface area (Å²) in [4.78, 5) is 41.8. The molecule has 2 heterocycles. The average Bonchev–Trinajstić information content (AvgIpc) is 2.94. The van der Waals surface area contributed by atoms with Crippen LogP contribution in [0.1, 0.15) is 72.4 Å². The highest BCUT2D eigenvalue weighted by Crippen LogP contribution is 2.29. The largest absolute Gasteiger partial charge is 0.445 e. The Morgan fingerprint density at radius 3 is 1.63 bits per heavy atom. The highest BCUT2D eigenvalue weighted by Gasteiger charge is 2.40. The Balaban J connectivity index is 0.000000248. The van der Waals surface area contributed by atoms with E-state index in [0.717, 1.165) is 30.6 Å². The fourth-order valence-electron chi connectivity index (χ4n) is 5.17. The number of hydrogen-bond donors (Lipinski definition) is 0. The number of nitrogens with zero attached hydrogens (tertiary/aromatic N) is 3. The number of ether oxygens (including phenoxy) is 3. The van der Waals surface area contributed by atoms with E-state index in [1.165, 1.54) is 6.42 Å². The third kappa shape index (κ3) is 11.1. The van der Waals surface area contributed by atoms with Crippen LogP contribution >= 0.6 is 0 Å². The second-order valence-corrected chi connectivity index (χ2v) is 13.6. The van der Waals surface area contributed by atoms with Crippen molar-refractivity contribution < 1.29 is 28.6 Å². The van der Waals surface area contributed by atoms with Crippen molar-refractivity contribution in [3.05, 3.63) is 71.8 Å². The first-order valence-corrected chi connectivity index (χ1v) is 15.1. The molecule has 0 atom stereocenters. The van der Waals surface area contributed by atoms with Gasteiger partial charge in [0.2, 0.25) is 0 Å². The second kappa shape index (κ2) is 14.6. The lowest BCUT2D eigenvalue weighted by atomic mass is 9.84. The molecule has 2 aromatic carbocycles. The number of rotatable bonds is 4. The van der Waals surface area contributed by atoms with Gasteiger partial charge in [0, 0.05) is 32.7 Å². The molecule has 0 bridgehead atoms. The lowest BCUT2D eigenvalue weighted by Crippen LogP contribution is -2.62. The van der Waals surface area contributed by atoms with E-state index in [4.69, 9.17) is 14.2 Å². The third-order valence-corrected chi connectivity index (χ3v) is 7.34. The summed E-state index contributed by atoms with van der Waals surface area (Å²) < 4.78 is 16.2. The normalized spacial score (nSPS) is 17.7. The molecule has 2 saturated heterocycles. The van der Waals surface area contributed by atoms with Gasteiger partial charge in [-0.1, -0.05) is 74.5 Å². The summed E-state index contributed by atoms with van der Waals surface area (Å²) in [6, 6.07) is 19.4. The van der Waals surface area contributed by atoms with Crippen molar-refractivity contribution in [1.82, 2.24) is 14.7 Å². The minimum absolute atomic E-state index is 0.188. The maximum atomic E-state index is 12.4. The van der Waals surface area contributed by atoms with Gasteiger partial charge in [0.1, 0.15) is 18.8 Å². The van der Waals surface area contributed by atoms with Gasteiger partial charge in [-0.2, -0.15) is 0 Å². The minimum atomic E-state index is -0.543. The van der Waals surface area contributed by atoms with Crippen molar-refractivity contribution in [3.8, 4) is 0 Å².